The number of methoxy groups -OCH3 is 1. The zero-order valence-corrected chi connectivity index (χ0v) is 10.6. The van der Waals surface area contributed by atoms with Crippen LogP contribution in [0.25, 0.3) is 0 Å². The molecule has 1 aromatic rings. The Hall–Kier alpha value is -0.900. The van der Waals surface area contributed by atoms with Gasteiger partial charge < -0.3 is 10.1 Å². The van der Waals surface area contributed by atoms with E-state index >= 15 is 0 Å². The first-order valence-electron chi connectivity index (χ1n) is 5.34. The van der Waals surface area contributed by atoms with Crippen LogP contribution in [-0.4, -0.2) is 25.7 Å². The van der Waals surface area contributed by atoms with Crippen LogP contribution < -0.4 is 10.1 Å². The van der Waals surface area contributed by atoms with Gasteiger partial charge in [0.15, 0.2) is 0 Å². The topological polar surface area (TPSA) is 21.3 Å². The first-order chi connectivity index (χ1) is 7.77. The summed E-state index contributed by atoms with van der Waals surface area (Å²) in [7, 11) is 1.58. The first-order valence-corrected chi connectivity index (χ1v) is 6.73. The Morgan fingerprint density at radius 2 is 2.19 bits per heavy atom. The lowest BCUT2D eigenvalue weighted by Gasteiger charge is -2.08. The molecule has 90 valence electrons. The Kier molecular flexibility index (Phi) is 6.08. The number of nitrogens with one attached hydrogen (secondary N) is 1. The Labute approximate surface area is 101 Å². The lowest BCUT2D eigenvalue weighted by Crippen LogP contribution is -2.04. The van der Waals surface area contributed by atoms with Gasteiger partial charge >= 0.3 is 0 Å². The minimum atomic E-state index is -0.231. The molecular weight excluding hydrogens is 225 g/mol. The highest BCUT2D eigenvalue weighted by Crippen LogP contribution is 2.20. The second kappa shape index (κ2) is 7.39. The molecular formula is C12H18FNOS. The molecule has 0 atom stereocenters. The number of rotatable bonds is 7. The van der Waals surface area contributed by atoms with Gasteiger partial charge in [0.2, 0.25) is 0 Å². The summed E-state index contributed by atoms with van der Waals surface area (Å²) in [6.07, 6.45) is 4.30. The summed E-state index contributed by atoms with van der Waals surface area (Å²) in [6, 6.07) is 4.72. The van der Waals surface area contributed by atoms with E-state index in [1.807, 2.05) is 11.8 Å². The molecule has 0 unspecified atom stereocenters. The average molecular weight is 243 g/mol. The molecule has 1 aromatic carbocycles. The van der Waals surface area contributed by atoms with Crippen molar-refractivity contribution in [1.29, 1.82) is 0 Å². The zero-order valence-electron chi connectivity index (χ0n) is 9.75. The normalized spacial score (nSPS) is 10.2. The van der Waals surface area contributed by atoms with Gasteiger partial charge in [0.25, 0.3) is 0 Å². The van der Waals surface area contributed by atoms with E-state index < -0.39 is 0 Å². The van der Waals surface area contributed by atoms with Crippen LogP contribution in [0.15, 0.2) is 18.2 Å². The summed E-state index contributed by atoms with van der Waals surface area (Å²) >= 11 is 1.84. The zero-order chi connectivity index (χ0) is 11.8. The lowest BCUT2D eigenvalue weighted by atomic mass is 10.2. The molecule has 0 aliphatic heterocycles. The predicted molar refractivity (Wildman–Crippen MR) is 69.1 cm³/mol. The smallest absolute Gasteiger partial charge is 0.146 e. The molecule has 16 heavy (non-hydrogen) atoms. The summed E-state index contributed by atoms with van der Waals surface area (Å²) in [4.78, 5) is 0. The number of thioether (sulfide) groups is 1. The van der Waals surface area contributed by atoms with E-state index in [4.69, 9.17) is 4.74 Å². The quantitative estimate of drug-likeness (QED) is 0.742. The minimum absolute atomic E-state index is 0.231. The molecule has 0 saturated carbocycles. The van der Waals surface area contributed by atoms with Gasteiger partial charge in [0.05, 0.1) is 12.8 Å². The van der Waals surface area contributed by atoms with Crippen molar-refractivity contribution >= 4 is 17.4 Å². The van der Waals surface area contributed by atoms with Crippen molar-refractivity contribution in [3.63, 3.8) is 0 Å². The maximum Gasteiger partial charge on any atom is 0.146 e. The molecule has 0 aliphatic rings. The van der Waals surface area contributed by atoms with Gasteiger partial charge in [0.1, 0.15) is 11.6 Å². The molecule has 2 nitrogen and oxygen atoms in total. The van der Waals surface area contributed by atoms with Crippen molar-refractivity contribution < 1.29 is 9.13 Å². The van der Waals surface area contributed by atoms with Crippen LogP contribution in [0.5, 0.6) is 5.75 Å². The molecule has 0 aliphatic carbocycles. The fourth-order valence-corrected chi connectivity index (χ4v) is 1.85. The highest BCUT2D eigenvalue weighted by molar-refractivity contribution is 7.98. The van der Waals surface area contributed by atoms with Crippen molar-refractivity contribution in [1.82, 2.24) is 0 Å². The third-order valence-corrected chi connectivity index (χ3v) is 2.96. The number of anilines is 1. The monoisotopic (exact) mass is 243 g/mol. The van der Waals surface area contributed by atoms with Crippen molar-refractivity contribution in [2.75, 3.05) is 31.0 Å². The van der Waals surface area contributed by atoms with Gasteiger partial charge in [-0.05, 0) is 37.0 Å². The number of benzene rings is 1. The van der Waals surface area contributed by atoms with E-state index in [1.165, 1.54) is 6.07 Å². The Bertz CT molecular complexity index is 320. The fourth-order valence-electron chi connectivity index (χ4n) is 1.36. The van der Waals surface area contributed by atoms with Crippen molar-refractivity contribution in [2.24, 2.45) is 0 Å². The van der Waals surface area contributed by atoms with Crippen LogP contribution in [0.1, 0.15) is 12.8 Å². The molecule has 1 N–H and O–H groups in total. The maximum absolute atomic E-state index is 13.4. The molecule has 0 heterocycles. The summed E-state index contributed by atoms with van der Waals surface area (Å²) in [5.41, 5.74) is 0.517. The fraction of sp³-hybridized carbons (Fsp3) is 0.500. The van der Waals surface area contributed by atoms with Gasteiger partial charge in [0, 0.05) is 12.6 Å². The predicted octanol–water partition coefficient (Wildman–Crippen LogP) is 3.39. The molecule has 0 fully saturated rings. The van der Waals surface area contributed by atoms with Gasteiger partial charge in [-0.1, -0.05) is 0 Å². The number of hydrogen-bond acceptors (Lipinski definition) is 3. The van der Waals surface area contributed by atoms with Crippen LogP contribution >= 0.6 is 11.8 Å². The number of halogens is 1. The molecule has 0 radical (unpaired) electrons. The average Bonchev–Trinajstić information content (AvgIpc) is 2.31. The molecule has 0 saturated heterocycles. The summed E-state index contributed by atoms with van der Waals surface area (Å²) < 4.78 is 18.4. The summed E-state index contributed by atoms with van der Waals surface area (Å²) in [5.74, 6) is 1.60. The molecule has 4 heteroatoms. The van der Waals surface area contributed by atoms with Crippen molar-refractivity contribution in [2.45, 2.75) is 12.8 Å². The standard InChI is InChI=1S/C12H18FNOS/c1-15-10-5-6-11(13)12(9-10)14-7-3-4-8-16-2/h5-6,9,14H,3-4,7-8H2,1-2H3. The van der Waals surface area contributed by atoms with Crippen LogP contribution in [0.3, 0.4) is 0 Å². The van der Waals surface area contributed by atoms with Crippen molar-refractivity contribution in [3.8, 4) is 5.75 Å². The van der Waals surface area contributed by atoms with Crippen LogP contribution in [0, 0.1) is 5.82 Å². The van der Waals surface area contributed by atoms with E-state index in [0.29, 0.717) is 11.4 Å². The molecule has 0 aromatic heterocycles. The summed E-state index contributed by atoms with van der Waals surface area (Å²) in [6.45, 7) is 0.796. The molecule has 0 spiro atoms. The Morgan fingerprint density at radius 3 is 2.88 bits per heavy atom. The second-order valence-corrected chi connectivity index (χ2v) is 4.46. The van der Waals surface area contributed by atoms with Crippen LogP contribution in [0.2, 0.25) is 0 Å². The van der Waals surface area contributed by atoms with E-state index in [-0.39, 0.29) is 5.82 Å². The van der Waals surface area contributed by atoms with Crippen molar-refractivity contribution in [3.05, 3.63) is 24.0 Å². The highest BCUT2D eigenvalue weighted by atomic mass is 32.2. The van der Waals surface area contributed by atoms with E-state index in [9.17, 15) is 4.39 Å². The SMILES string of the molecule is COc1ccc(F)c(NCCCCSC)c1. The van der Waals surface area contributed by atoms with Crippen LogP contribution in [-0.2, 0) is 0 Å². The van der Waals surface area contributed by atoms with E-state index in [1.54, 1.807) is 19.2 Å². The Morgan fingerprint density at radius 1 is 1.38 bits per heavy atom. The number of ether oxygens (including phenoxy) is 1. The van der Waals surface area contributed by atoms with Gasteiger partial charge in [-0.15, -0.1) is 0 Å². The van der Waals surface area contributed by atoms with Gasteiger partial charge in [-0.2, -0.15) is 11.8 Å². The third-order valence-electron chi connectivity index (χ3n) is 2.26. The van der Waals surface area contributed by atoms with Gasteiger partial charge in [-0.3, -0.25) is 0 Å². The third kappa shape index (κ3) is 4.31. The highest BCUT2D eigenvalue weighted by Gasteiger charge is 2.02. The van der Waals surface area contributed by atoms with E-state index in [0.717, 1.165) is 25.1 Å². The van der Waals surface area contributed by atoms with E-state index in [2.05, 4.69) is 11.6 Å². The largest absolute Gasteiger partial charge is 0.497 e. The summed E-state index contributed by atoms with van der Waals surface area (Å²) in [5, 5.41) is 3.08. The molecule has 0 bridgehead atoms. The Balaban J connectivity index is 2.40. The number of hydrogen-bond donors (Lipinski definition) is 1. The lowest BCUT2D eigenvalue weighted by molar-refractivity contribution is 0.414. The molecule has 0 amide bonds. The maximum atomic E-state index is 13.4. The minimum Gasteiger partial charge on any atom is -0.497 e. The molecule has 1 rings (SSSR count). The van der Waals surface area contributed by atoms with Gasteiger partial charge in [-0.25, -0.2) is 4.39 Å². The number of unbranched alkanes of at least 4 members (excludes halogenated alkanes) is 1. The van der Waals surface area contributed by atoms with Crippen LogP contribution in [0.4, 0.5) is 10.1 Å². The second-order valence-electron chi connectivity index (χ2n) is 3.47. The first kappa shape index (κ1) is 13.2.